The van der Waals surface area contributed by atoms with Gasteiger partial charge >= 0.3 is 0 Å². The van der Waals surface area contributed by atoms with Crippen molar-refractivity contribution in [2.45, 2.75) is 32.9 Å². The Morgan fingerprint density at radius 3 is 2.88 bits per heavy atom. The second-order valence-electron chi connectivity index (χ2n) is 4.39. The van der Waals surface area contributed by atoms with Gasteiger partial charge < -0.3 is 9.73 Å². The Kier molecular flexibility index (Phi) is 3.12. The normalized spacial score (nSPS) is 11.9. The number of rotatable bonds is 4. The van der Waals surface area contributed by atoms with Gasteiger partial charge in [0.15, 0.2) is 0 Å². The van der Waals surface area contributed by atoms with E-state index < -0.39 is 0 Å². The van der Waals surface area contributed by atoms with E-state index in [4.69, 9.17) is 4.42 Å². The minimum atomic E-state index is -0.101. The summed E-state index contributed by atoms with van der Waals surface area (Å²) in [6.45, 7) is 7.16. The van der Waals surface area contributed by atoms with E-state index >= 15 is 0 Å². The van der Waals surface area contributed by atoms with Gasteiger partial charge in [-0.3, -0.25) is 0 Å². The largest absolute Gasteiger partial charge is 0.472 e. The standard InChI is InChI=1S/C12H16N2OS/c1-9-6-13-11(16-9)12(2,3)14-7-10-4-5-15-8-10/h4-6,8,14H,7H2,1-3H3. The van der Waals surface area contributed by atoms with E-state index in [1.807, 2.05) is 12.3 Å². The van der Waals surface area contributed by atoms with E-state index in [0.717, 1.165) is 17.1 Å². The van der Waals surface area contributed by atoms with Gasteiger partial charge in [0.2, 0.25) is 0 Å². The zero-order valence-corrected chi connectivity index (χ0v) is 10.6. The van der Waals surface area contributed by atoms with Gasteiger partial charge in [-0.25, -0.2) is 4.98 Å². The van der Waals surface area contributed by atoms with Crippen LogP contribution < -0.4 is 5.32 Å². The summed E-state index contributed by atoms with van der Waals surface area (Å²) in [6.07, 6.45) is 5.37. The lowest BCUT2D eigenvalue weighted by atomic mass is 10.1. The fourth-order valence-corrected chi connectivity index (χ4v) is 2.28. The van der Waals surface area contributed by atoms with Crippen LogP contribution in [0.5, 0.6) is 0 Å². The van der Waals surface area contributed by atoms with Gasteiger partial charge in [-0.2, -0.15) is 0 Å². The molecule has 0 aliphatic heterocycles. The van der Waals surface area contributed by atoms with E-state index in [9.17, 15) is 0 Å². The summed E-state index contributed by atoms with van der Waals surface area (Å²) in [5.41, 5.74) is 1.05. The lowest BCUT2D eigenvalue weighted by Crippen LogP contribution is -2.35. The summed E-state index contributed by atoms with van der Waals surface area (Å²) in [7, 11) is 0. The monoisotopic (exact) mass is 236 g/mol. The summed E-state index contributed by atoms with van der Waals surface area (Å²) in [5, 5.41) is 4.60. The Bertz CT molecular complexity index is 445. The van der Waals surface area contributed by atoms with Crippen LogP contribution in [0.4, 0.5) is 0 Å². The molecule has 2 heterocycles. The van der Waals surface area contributed by atoms with Crippen LogP contribution in [0.3, 0.4) is 0 Å². The van der Waals surface area contributed by atoms with Gasteiger partial charge in [-0.1, -0.05) is 0 Å². The Morgan fingerprint density at radius 2 is 2.31 bits per heavy atom. The van der Waals surface area contributed by atoms with E-state index in [-0.39, 0.29) is 5.54 Å². The molecule has 0 unspecified atom stereocenters. The third-order valence-corrected chi connectivity index (χ3v) is 3.71. The Hall–Kier alpha value is -1.13. The molecular weight excluding hydrogens is 220 g/mol. The Balaban J connectivity index is 2.02. The molecule has 0 fully saturated rings. The molecule has 3 nitrogen and oxygen atoms in total. The molecule has 0 atom stereocenters. The van der Waals surface area contributed by atoms with Crippen molar-refractivity contribution in [3.05, 3.63) is 40.2 Å². The summed E-state index contributed by atoms with van der Waals surface area (Å²) in [4.78, 5) is 5.66. The third-order valence-electron chi connectivity index (χ3n) is 2.47. The first-order chi connectivity index (χ1) is 7.58. The number of hydrogen-bond donors (Lipinski definition) is 1. The summed E-state index contributed by atoms with van der Waals surface area (Å²) in [5.74, 6) is 0. The molecule has 2 rings (SSSR count). The third kappa shape index (κ3) is 2.51. The molecule has 0 aliphatic rings. The molecule has 2 aromatic rings. The van der Waals surface area contributed by atoms with E-state index in [2.05, 4.69) is 31.1 Å². The number of nitrogens with zero attached hydrogens (tertiary/aromatic N) is 1. The number of hydrogen-bond acceptors (Lipinski definition) is 4. The number of nitrogens with one attached hydrogen (secondary N) is 1. The van der Waals surface area contributed by atoms with Gasteiger partial charge in [-0.15, -0.1) is 11.3 Å². The second-order valence-corrected chi connectivity index (χ2v) is 5.62. The molecule has 0 aliphatic carbocycles. The maximum atomic E-state index is 5.04. The van der Waals surface area contributed by atoms with Crippen molar-refractivity contribution < 1.29 is 4.42 Å². The molecule has 0 aromatic carbocycles. The number of thiazole rings is 1. The van der Waals surface area contributed by atoms with Gasteiger partial charge in [0.1, 0.15) is 5.01 Å². The van der Waals surface area contributed by atoms with Crippen molar-refractivity contribution in [3.8, 4) is 0 Å². The van der Waals surface area contributed by atoms with E-state index in [0.29, 0.717) is 0 Å². The average Bonchev–Trinajstić information content (AvgIpc) is 2.85. The first kappa shape index (κ1) is 11.4. The number of furan rings is 1. The van der Waals surface area contributed by atoms with Crippen molar-refractivity contribution in [1.29, 1.82) is 0 Å². The zero-order chi connectivity index (χ0) is 11.6. The molecule has 16 heavy (non-hydrogen) atoms. The average molecular weight is 236 g/mol. The van der Waals surface area contributed by atoms with Crippen LogP contribution in [0.2, 0.25) is 0 Å². The molecule has 4 heteroatoms. The molecular formula is C12H16N2OS. The van der Waals surface area contributed by atoms with Crippen LogP contribution in [0.1, 0.15) is 29.3 Å². The summed E-state index contributed by atoms with van der Waals surface area (Å²) in [6, 6.07) is 1.97. The highest BCUT2D eigenvalue weighted by Crippen LogP contribution is 2.25. The predicted octanol–water partition coefficient (Wildman–Crippen LogP) is 3.07. The van der Waals surface area contributed by atoms with Crippen molar-refractivity contribution in [2.24, 2.45) is 0 Å². The van der Waals surface area contributed by atoms with Crippen molar-refractivity contribution in [1.82, 2.24) is 10.3 Å². The molecule has 0 saturated carbocycles. The second kappa shape index (κ2) is 4.39. The highest BCUT2D eigenvalue weighted by molar-refractivity contribution is 7.11. The van der Waals surface area contributed by atoms with Gasteiger partial charge in [0, 0.05) is 23.2 Å². The topological polar surface area (TPSA) is 38.1 Å². The SMILES string of the molecule is Cc1cnc(C(C)(C)NCc2ccoc2)s1. The van der Waals surface area contributed by atoms with Crippen LogP contribution in [0.25, 0.3) is 0 Å². The maximum Gasteiger partial charge on any atom is 0.112 e. The lowest BCUT2D eigenvalue weighted by molar-refractivity contribution is 0.398. The van der Waals surface area contributed by atoms with Gasteiger partial charge in [0.25, 0.3) is 0 Å². The number of aromatic nitrogens is 1. The first-order valence-corrected chi connectivity index (χ1v) is 6.08. The molecule has 0 amide bonds. The highest BCUT2D eigenvalue weighted by atomic mass is 32.1. The summed E-state index contributed by atoms with van der Waals surface area (Å²) >= 11 is 1.73. The van der Waals surface area contributed by atoms with Crippen LogP contribution in [-0.2, 0) is 12.1 Å². The minimum Gasteiger partial charge on any atom is -0.472 e. The Labute approximate surface area is 99.5 Å². The molecule has 0 bridgehead atoms. The molecule has 0 spiro atoms. The van der Waals surface area contributed by atoms with E-state index in [1.54, 1.807) is 23.9 Å². The Morgan fingerprint density at radius 1 is 1.50 bits per heavy atom. The van der Waals surface area contributed by atoms with Gasteiger partial charge in [-0.05, 0) is 26.8 Å². The predicted molar refractivity (Wildman–Crippen MR) is 65.4 cm³/mol. The molecule has 2 aromatic heterocycles. The van der Waals surface area contributed by atoms with Crippen molar-refractivity contribution in [2.75, 3.05) is 0 Å². The summed E-state index contributed by atoms with van der Waals surface area (Å²) < 4.78 is 5.04. The fourth-order valence-electron chi connectivity index (χ4n) is 1.44. The van der Waals surface area contributed by atoms with Crippen LogP contribution in [0.15, 0.2) is 29.2 Å². The highest BCUT2D eigenvalue weighted by Gasteiger charge is 2.23. The van der Waals surface area contributed by atoms with Crippen molar-refractivity contribution in [3.63, 3.8) is 0 Å². The van der Waals surface area contributed by atoms with Gasteiger partial charge in [0.05, 0.1) is 18.1 Å². The fraction of sp³-hybridized carbons (Fsp3) is 0.417. The quantitative estimate of drug-likeness (QED) is 0.886. The van der Waals surface area contributed by atoms with Crippen LogP contribution in [0, 0.1) is 6.92 Å². The molecule has 1 N–H and O–H groups in total. The smallest absolute Gasteiger partial charge is 0.112 e. The maximum absolute atomic E-state index is 5.04. The lowest BCUT2D eigenvalue weighted by Gasteiger charge is -2.23. The first-order valence-electron chi connectivity index (χ1n) is 5.27. The molecule has 86 valence electrons. The minimum absolute atomic E-state index is 0.101. The van der Waals surface area contributed by atoms with E-state index in [1.165, 1.54) is 4.88 Å². The van der Waals surface area contributed by atoms with Crippen LogP contribution >= 0.6 is 11.3 Å². The van der Waals surface area contributed by atoms with Crippen molar-refractivity contribution >= 4 is 11.3 Å². The van der Waals surface area contributed by atoms with Crippen LogP contribution in [-0.4, -0.2) is 4.98 Å². The molecule has 0 radical (unpaired) electrons. The molecule has 0 saturated heterocycles. The zero-order valence-electron chi connectivity index (χ0n) is 9.78. The number of aryl methyl sites for hydroxylation is 1.